The molecule has 0 aliphatic rings. The second-order valence-corrected chi connectivity index (χ2v) is 6.56. The Morgan fingerprint density at radius 3 is 2.35 bits per heavy atom. The fourth-order valence-electron chi connectivity index (χ4n) is 1.75. The summed E-state index contributed by atoms with van der Waals surface area (Å²) in [5.41, 5.74) is -0.345. The molecule has 0 aliphatic carbocycles. The van der Waals surface area contributed by atoms with Crippen molar-refractivity contribution in [3.05, 3.63) is 35.4 Å². The van der Waals surface area contributed by atoms with E-state index in [1.54, 1.807) is 25.1 Å². The standard InChI is InChI=1S/C12H17F3N2O2S/c1-17(2)11(8-16-20(3,18)19)9-5-4-6-10(7-9)12(13,14)15/h4-7,11,16H,8H2,1-3H3. The molecule has 0 heterocycles. The molecule has 0 amide bonds. The SMILES string of the molecule is CN(C)C(CNS(C)(=O)=O)c1cccc(C(F)(F)F)c1. The Morgan fingerprint density at radius 2 is 1.90 bits per heavy atom. The Bertz CT molecular complexity index is 556. The first-order chi connectivity index (χ1) is 9.00. The second kappa shape index (κ2) is 6.11. The van der Waals surface area contributed by atoms with Crippen LogP contribution in [0, 0.1) is 0 Å². The second-order valence-electron chi connectivity index (χ2n) is 4.72. The number of hydrogen-bond acceptors (Lipinski definition) is 3. The molecule has 0 radical (unpaired) electrons. The van der Waals surface area contributed by atoms with Crippen molar-refractivity contribution in [2.24, 2.45) is 0 Å². The normalized spacial score (nSPS) is 14.6. The topological polar surface area (TPSA) is 49.4 Å². The molecule has 4 nitrogen and oxygen atoms in total. The van der Waals surface area contributed by atoms with Crippen molar-refractivity contribution < 1.29 is 21.6 Å². The molecule has 0 aliphatic heterocycles. The van der Waals surface area contributed by atoms with Gasteiger partial charge in [0.2, 0.25) is 10.0 Å². The zero-order chi connectivity index (χ0) is 15.6. The van der Waals surface area contributed by atoms with E-state index in [2.05, 4.69) is 4.72 Å². The van der Waals surface area contributed by atoms with Crippen LogP contribution in [0.25, 0.3) is 0 Å². The summed E-state index contributed by atoms with van der Waals surface area (Å²) in [4.78, 5) is 1.66. The van der Waals surface area contributed by atoms with Gasteiger partial charge in [-0.3, -0.25) is 0 Å². The monoisotopic (exact) mass is 310 g/mol. The molecule has 8 heteroatoms. The van der Waals surface area contributed by atoms with Gasteiger partial charge in [0, 0.05) is 12.6 Å². The molecule has 0 saturated heterocycles. The van der Waals surface area contributed by atoms with E-state index in [9.17, 15) is 21.6 Å². The molecule has 1 aromatic carbocycles. The smallest absolute Gasteiger partial charge is 0.301 e. The van der Waals surface area contributed by atoms with Gasteiger partial charge in [-0.05, 0) is 31.8 Å². The van der Waals surface area contributed by atoms with Crippen molar-refractivity contribution in [3.8, 4) is 0 Å². The first kappa shape index (κ1) is 16.9. The van der Waals surface area contributed by atoms with Crippen molar-refractivity contribution in [1.82, 2.24) is 9.62 Å². The summed E-state index contributed by atoms with van der Waals surface area (Å²) in [6, 6.07) is 4.40. The van der Waals surface area contributed by atoms with Crippen molar-refractivity contribution in [1.29, 1.82) is 0 Å². The van der Waals surface area contributed by atoms with Gasteiger partial charge in [-0.15, -0.1) is 0 Å². The van der Waals surface area contributed by atoms with Crippen LogP contribution < -0.4 is 4.72 Å². The third kappa shape index (κ3) is 5.10. The molecule has 1 N–H and O–H groups in total. The predicted octanol–water partition coefficient (Wildman–Crippen LogP) is 1.86. The number of nitrogens with zero attached hydrogens (tertiary/aromatic N) is 1. The lowest BCUT2D eigenvalue weighted by Gasteiger charge is -2.25. The van der Waals surface area contributed by atoms with Gasteiger partial charge in [-0.1, -0.05) is 12.1 Å². The molecule has 20 heavy (non-hydrogen) atoms. The highest BCUT2D eigenvalue weighted by molar-refractivity contribution is 7.88. The Hall–Kier alpha value is -1.12. The molecule has 0 spiro atoms. The Kier molecular flexibility index (Phi) is 5.17. The molecule has 0 fully saturated rings. The minimum atomic E-state index is -4.42. The molecular formula is C12H17F3N2O2S. The molecule has 1 unspecified atom stereocenters. The number of halogens is 3. The van der Waals surface area contributed by atoms with E-state index >= 15 is 0 Å². The molecule has 1 aromatic rings. The Morgan fingerprint density at radius 1 is 1.30 bits per heavy atom. The summed E-state index contributed by atoms with van der Waals surface area (Å²) in [5, 5.41) is 0. The highest BCUT2D eigenvalue weighted by Crippen LogP contribution is 2.31. The molecule has 1 rings (SSSR count). The largest absolute Gasteiger partial charge is 0.416 e. The number of likely N-dealkylation sites (N-methyl/N-ethyl adjacent to an activating group) is 1. The van der Waals surface area contributed by atoms with E-state index in [0.717, 1.165) is 18.4 Å². The first-order valence-corrected chi connectivity index (χ1v) is 7.68. The molecule has 0 saturated carbocycles. The number of sulfonamides is 1. The van der Waals surface area contributed by atoms with E-state index < -0.39 is 27.8 Å². The molecular weight excluding hydrogens is 293 g/mol. The number of nitrogens with one attached hydrogen (secondary N) is 1. The third-order valence-corrected chi connectivity index (χ3v) is 3.45. The summed E-state index contributed by atoms with van der Waals surface area (Å²) in [6.07, 6.45) is -3.41. The Balaban J connectivity index is 3.04. The number of rotatable bonds is 5. The summed E-state index contributed by atoms with van der Waals surface area (Å²) in [6.45, 7) is 0.00709. The van der Waals surface area contributed by atoms with Crippen LogP contribution in [0.15, 0.2) is 24.3 Å². The molecule has 0 bridgehead atoms. The van der Waals surface area contributed by atoms with Crippen LogP contribution in [0.4, 0.5) is 13.2 Å². The maximum Gasteiger partial charge on any atom is 0.416 e. The van der Waals surface area contributed by atoms with Gasteiger partial charge in [-0.25, -0.2) is 13.1 Å². The van der Waals surface area contributed by atoms with Gasteiger partial charge in [-0.2, -0.15) is 13.2 Å². The van der Waals surface area contributed by atoms with Gasteiger partial charge in [0.15, 0.2) is 0 Å². The lowest BCUT2D eigenvalue weighted by atomic mass is 10.0. The maximum absolute atomic E-state index is 12.7. The Labute approximate surface area is 116 Å². The average molecular weight is 310 g/mol. The maximum atomic E-state index is 12.7. The van der Waals surface area contributed by atoms with Crippen LogP contribution in [0.5, 0.6) is 0 Å². The zero-order valence-electron chi connectivity index (χ0n) is 11.4. The fourth-order valence-corrected chi connectivity index (χ4v) is 2.21. The van der Waals surface area contributed by atoms with Gasteiger partial charge < -0.3 is 4.90 Å². The lowest BCUT2D eigenvalue weighted by molar-refractivity contribution is -0.137. The minimum absolute atomic E-state index is 0.00709. The van der Waals surface area contributed by atoms with Crippen LogP contribution in [-0.2, 0) is 16.2 Å². The quantitative estimate of drug-likeness (QED) is 0.903. The highest BCUT2D eigenvalue weighted by Gasteiger charge is 2.31. The summed E-state index contributed by atoms with van der Waals surface area (Å²) >= 11 is 0. The zero-order valence-corrected chi connectivity index (χ0v) is 12.2. The van der Waals surface area contributed by atoms with Crippen LogP contribution >= 0.6 is 0 Å². The van der Waals surface area contributed by atoms with Crippen molar-refractivity contribution >= 4 is 10.0 Å². The van der Waals surface area contributed by atoms with E-state index in [-0.39, 0.29) is 6.54 Å². The predicted molar refractivity (Wildman–Crippen MR) is 70.7 cm³/mol. The molecule has 1 atom stereocenters. The summed E-state index contributed by atoms with van der Waals surface area (Å²) in [5.74, 6) is 0. The third-order valence-electron chi connectivity index (χ3n) is 2.76. The number of benzene rings is 1. The molecule has 0 aromatic heterocycles. The number of hydrogen-bond donors (Lipinski definition) is 1. The van der Waals surface area contributed by atoms with Crippen molar-refractivity contribution in [2.75, 3.05) is 26.9 Å². The summed E-state index contributed by atoms with van der Waals surface area (Å²) in [7, 11) is -0.0472. The van der Waals surface area contributed by atoms with E-state index in [4.69, 9.17) is 0 Å². The van der Waals surface area contributed by atoms with Gasteiger partial charge in [0.1, 0.15) is 0 Å². The van der Waals surface area contributed by atoms with Crippen LogP contribution in [0.2, 0.25) is 0 Å². The van der Waals surface area contributed by atoms with Crippen LogP contribution in [0.3, 0.4) is 0 Å². The lowest BCUT2D eigenvalue weighted by Crippen LogP contribution is -2.34. The molecule has 114 valence electrons. The van der Waals surface area contributed by atoms with Gasteiger partial charge >= 0.3 is 6.18 Å². The van der Waals surface area contributed by atoms with Crippen LogP contribution in [0.1, 0.15) is 17.2 Å². The van der Waals surface area contributed by atoms with E-state index in [0.29, 0.717) is 5.56 Å². The number of alkyl halides is 3. The van der Waals surface area contributed by atoms with E-state index in [1.807, 2.05) is 0 Å². The van der Waals surface area contributed by atoms with Gasteiger partial charge in [0.25, 0.3) is 0 Å². The highest BCUT2D eigenvalue weighted by atomic mass is 32.2. The fraction of sp³-hybridized carbons (Fsp3) is 0.500. The van der Waals surface area contributed by atoms with Crippen LogP contribution in [-0.4, -0.2) is 40.2 Å². The van der Waals surface area contributed by atoms with Crippen molar-refractivity contribution in [3.63, 3.8) is 0 Å². The minimum Gasteiger partial charge on any atom is -0.301 e. The van der Waals surface area contributed by atoms with Gasteiger partial charge in [0.05, 0.1) is 11.8 Å². The first-order valence-electron chi connectivity index (χ1n) is 5.79. The van der Waals surface area contributed by atoms with Crippen molar-refractivity contribution in [2.45, 2.75) is 12.2 Å². The van der Waals surface area contributed by atoms with E-state index in [1.165, 1.54) is 6.07 Å². The average Bonchev–Trinajstić information content (AvgIpc) is 2.26. The summed E-state index contributed by atoms with van der Waals surface area (Å²) < 4.78 is 62.6.